The minimum atomic E-state index is 0. The first-order valence-corrected chi connectivity index (χ1v) is 9.79. The molecule has 0 aromatic carbocycles. The first-order valence-electron chi connectivity index (χ1n) is 9.79. The van der Waals surface area contributed by atoms with E-state index in [-0.39, 0.29) is 24.0 Å². The molecule has 2 aromatic heterocycles. The molecule has 27 heavy (non-hydrogen) atoms. The Balaban J connectivity index is 0.00000261. The standard InChI is InChI=1S/C19H31N7.HI/c1-3-4-11-25-12-7-5-9-16(25)14-21-19(20-2)22-15-18-24-23-17-10-6-8-13-26(17)18;/h6,8,10,13,16H,3-5,7,9,11-12,14-15H2,1-2H3,(H2,20,21,22);1H. The van der Waals surface area contributed by atoms with Crippen LogP contribution in [0.3, 0.4) is 0 Å². The number of aliphatic imine (C=N–C) groups is 1. The third-order valence-corrected chi connectivity index (χ3v) is 5.07. The number of pyridine rings is 1. The van der Waals surface area contributed by atoms with Crippen molar-refractivity contribution in [3.05, 3.63) is 30.2 Å². The van der Waals surface area contributed by atoms with E-state index in [1.807, 2.05) is 35.8 Å². The van der Waals surface area contributed by atoms with Crippen molar-refractivity contribution in [3.8, 4) is 0 Å². The van der Waals surface area contributed by atoms with E-state index < -0.39 is 0 Å². The first-order chi connectivity index (χ1) is 12.8. The molecule has 150 valence electrons. The molecule has 0 aliphatic carbocycles. The van der Waals surface area contributed by atoms with Crippen LogP contribution < -0.4 is 10.6 Å². The SMILES string of the molecule is CCCCN1CCCCC1CNC(=NC)NCc1nnc2ccccn12.I. The molecule has 0 bridgehead atoms. The largest absolute Gasteiger partial charge is 0.355 e. The Morgan fingerprint density at radius 1 is 1.26 bits per heavy atom. The van der Waals surface area contributed by atoms with Crippen LogP contribution in [0, 0.1) is 0 Å². The van der Waals surface area contributed by atoms with Crippen molar-refractivity contribution >= 4 is 35.6 Å². The highest BCUT2D eigenvalue weighted by molar-refractivity contribution is 14.0. The zero-order valence-electron chi connectivity index (χ0n) is 16.4. The van der Waals surface area contributed by atoms with Crippen molar-refractivity contribution in [2.45, 2.75) is 51.6 Å². The highest BCUT2D eigenvalue weighted by Gasteiger charge is 2.21. The summed E-state index contributed by atoms with van der Waals surface area (Å²) in [5.74, 6) is 1.70. The van der Waals surface area contributed by atoms with Crippen LogP contribution in [0.1, 0.15) is 44.9 Å². The minimum Gasteiger partial charge on any atom is -0.355 e. The lowest BCUT2D eigenvalue weighted by Crippen LogP contribution is -2.49. The van der Waals surface area contributed by atoms with Crippen LogP contribution in [0.2, 0.25) is 0 Å². The molecule has 3 rings (SSSR count). The minimum absolute atomic E-state index is 0. The van der Waals surface area contributed by atoms with Gasteiger partial charge in [-0.15, -0.1) is 34.2 Å². The molecule has 0 spiro atoms. The fourth-order valence-corrected chi connectivity index (χ4v) is 3.56. The van der Waals surface area contributed by atoms with E-state index in [9.17, 15) is 0 Å². The summed E-state index contributed by atoms with van der Waals surface area (Å²) in [6.07, 6.45) is 8.44. The van der Waals surface area contributed by atoms with Gasteiger partial charge in [-0.2, -0.15) is 0 Å². The average molecular weight is 485 g/mol. The second-order valence-electron chi connectivity index (χ2n) is 6.89. The summed E-state index contributed by atoms with van der Waals surface area (Å²) in [6, 6.07) is 6.51. The Kier molecular flexibility index (Phi) is 9.26. The van der Waals surface area contributed by atoms with E-state index in [4.69, 9.17) is 0 Å². The number of likely N-dealkylation sites (tertiary alicyclic amines) is 1. The van der Waals surface area contributed by atoms with Crippen molar-refractivity contribution in [1.29, 1.82) is 0 Å². The Morgan fingerprint density at radius 3 is 2.96 bits per heavy atom. The lowest BCUT2D eigenvalue weighted by molar-refractivity contribution is 0.147. The zero-order chi connectivity index (χ0) is 18.2. The summed E-state index contributed by atoms with van der Waals surface area (Å²) in [4.78, 5) is 7.00. The van der Waals surface area contributed by atoms with Gasteiger partial charge in [-0.05, 0) is 44.5 Å². The van der Waals surface area contributed by atoms with Crippen molar-refractivity contribution < 1.29 is 0 Å². The Bertz CT molecular complexity index is 715. The van der Waals surface area contributed by atoms with E-state index in [1.54, 1.807) is 0 Å². The number of aromatic nitrogens is 3. The average Bonchev–Trinajstić information content (AvgIpc) is 3.10. The summed E-state index contributed by atoms with van der Waals surface area (Å²) in [5, 5.41) is 15.3. The predicted octanol–water partition coefficient (Wildman–Crippen LogP) is 2.67. The maximum absolute atomic E-state index is 4.36. The van der Waals surface area contributed by atoms with Gasteiger partial charge in [0.15, 0.2) is 17.4 Å². The van der Waals surface area contributed by atoms with Crippen LogP contribution in [-0.4, -0.2) is 58.2 Å². The molecule has 1 aliphatic heterocycles. The predicted molar refractivity (Wildman–Crippen MR) is 121 cm³/mol. The molecular weight excluding hydrogens is 453 g/mol. The Morgan fingerprint density at radius 2 is 2.15 bits per heavy atom. The molecule has 1 unspecified atom stereocenters. The van der Waals surface area contributed by atoms with Gasteiger partial charge in [-0.3, -0.25) is 14.3 Å². The number of rotatable bonds is 7. The van der Waals surface area contributed by atoms with Gasteiger partial charge >= 0.3 is 0 Å². The molecule has 1 fully saturated rings. The number of guanidine groups is 1. The van der Waals surface area contributed by atoms with Gasteiger partial charge in [0.05, 0.1) is 6.54 Å². The number of halogens is 1. The molecule has 0 radical (unpaired) electrons. The van der Waals surface area contributed by atoms with Crippen molar-refractivity contribution in [1.82, 2.24) is 30.1 Å². The topological polar surface area (TPSA) is 69.8 Å². The number of hydrogen-bond acceptors (Lipinski definition) is 4. The smallest absolute Gasteiger partial charge is 0.191 e. The third kappa shape index (κ3) is 6.03. The Hall–Kier alpha value is -1.42. The Labute approximate surface area is 179 Å². The molecule has 0 saturated carbocycles. The summed E-state index contributed by atoms with van der Waals surface area (Å²) < 4.78 is 1.99. The molecule has 0 amide bonds. The van der Waals surface area contributed by atoms with Gasteiger partial charge in [-0.1, -0.05) is 25.8 Å². The normalized spacial score (nSPS) is 18.3. The molecule has 1 saturated heterocycles. The number of hydrogen-bond donors (Lipinski definition) is 2. The lowest BCUT2D eigenvalue weighted by atomic mass is 10.0. The van der Waals surface area contributed by atoms with Crippen molar-refractivity contribution in [3.63, 3.8) is 0 Å². The molecule has 3 heterocycles. The summed E-state index contributed by atoms with van der Waals surface area (Å²) >= 11 is 0. The monoisotopic (exact) mass is 485 g/mol. The summed E-state index contributed by atoms with van der Waals surface area (Å²) in [6.45, 7) is 6.22. The molecule has 8 heteroatoms. The highest BCUT2D eigenvalue weighted by Crippen LogP contribution is 2.17. The quantitative estimate of drug-likeness (QED) is 0.359. The number of nitrogens with one attached hydrogen (secondary N) is 2. The third-order valence-electron chi connectivity index (χ3n) is 5.07. The molecule has 7 nitrogen and oxygen atoms in total. The van der Waals surface area contributed by atoms with Gasteiger partial charge < -0.3 is 10.6 Å². The first kappa shape index (κ1) is 21.9. The van der Waals surface area contributed by atoms with Gasteiger partial charge in [0.25, 0.3) is 0 Å². The number of unbranched alkanes of at least 4 members (excludes halogenated alkanes) is 1. The fraction of sp³-hybridized carbons (Fsp3) is 0.632. The molecule has 1 atom stereocenters. The van der Waals surface area contributed by atoms with Gasteiger partial charge in [0.2, 0.25) is 0 Å². The van der Waals surface area contributed by atoms with Crippen LogP contribution in [0.4, 0.5) is 0 Å². The van der Waals surface area contributed by atoms with E-state index >= 15 is 0 Å². The van der Waals surface area contributed by atoms with E-state index in [0.717, 1.165) is 24.0 Å². The van der Waals surface area contributed by atoms with Gasteiger partial charge in [-0.25, -0.2) is 0 Å². The van der Waals surface area contributed by atoms with Crippen LogP contribution in [0.5, 0.6) is 0 Å². The van der Waals surface area contributed by atoms with E-state index in [2.05, 4.69) is 37.6 Å². The molecule has 2 aromatic rings. The summed E-state index contributed by atoms with van der Waals surface area (Å²) in [5.41, 5.74) is 0.862. The zero-order valence-corrected chi connectivity index (χ0v) is 18.7. The molecule has 2 N–H and O–H groups in total. The summed E-state index contributed by atoms with van der Waals surface area (Å²) in [7, 11) is 1.81. The van der Waals surface area contributed by atoms with E-state index in [1.165, 1.54) is 45.2 Å². The maximum Gasteiger partial charge on any atom is 0.191 e. The number of nitrogens with zero attached hydrogens (tertiary/aromatic N) is 5. The number of fused-ring (bicyclic) bond motifs is 1. The maximum atomic E-state index is 4.36. The van der Waals surface area contributed by atoms with Crippen LogP contribution in [0.25, 0.3) is 5.65 Å². The van der Waals surface area contributed by atoms with Crippen LogP contribution >= 0.6 is 24.0 Å². The van der Waals surface area contributed by atoms with Crippen molar-refractivity contribution in [2.24, 2.45) is 4.99 Å². The number of piperidine rings is 1. The second kappa shape index (κ2) is 11.4. The van der Waals surface area contributed by atoms with Gasteiger partial charge in [0, 0.05) is 25.8 Å². The van der Waals surface area contributed by atoms with E-state index in [0.29, 0.717) is 12.6 Å². The lowest BCUT2D eigenvalue weighted by Gasteiger charge is -2.36. The van der Waals surface area contributed by atoms with Crippen LogP contribution in [0.15, 0.2) is 29.4 Å². The molecular formula is C19H32IN7. The van der Waals surface area contributed by atoms with Crippen LogP contribution in [-0.2, 0) is 6.54 Å². The highest BCUT2D eigenvalue weighted by atomic mass is 127. The van der Waals surface area contributed by atoms with Crippen molar-refractivity contribution in [2.75, 3.05) is 26.7 Å². The molecule has 1 aliphatic rings. The fourth-order valence-electron chi connectivity index (χ4n) is 3.56. The second-order valence-corrected chi connectivity index (χ2v) is 6.89. The van der Waals surface area contributed by atoms with Gasteiger partial charge in [0.1, 0.15) is 0 Å².